The molecule has 2 aromatic rings. The van der Waals surface area contributed by atoms with Gasteiger partial charge in [-0.3, -0.25) is 9.59 Å². The van der Waals surface area contributed by atoms with Crippen LogP contribution in [0.25, 0.3) is 10.6 Å². The maximum Gasteiger partial charge on any atom is 0.312 e. The van der Waals surface area contributed by atoms with Crippen molar-refractivity contribution in [2.75, 3.05) is 6.54 Å². The second kappa shape index (κ2) is 8.08. The van der Waals surface area contributed by atoms with Crippen molar-refractivity contribution < 1.29 is 14.3 Å². The lowest BCUT2D eigenvalue weighted by Gasteiger charge is -2.11. The molecule has 1 heterocycles. The van der Waals surface area contributed by atoms with Gasteiger partial charge in [0.25, 0.3) is 5.91 Å². The highest BCUT2D eigenvalue weighted by Crippen LogP contribution is 2.26. The molecule has 1 atom stereocenters. The van der Waals surface area contributed by atoms with Gasteiger partial charge in [0.15, 0.2) is 6.10 Å². The number of carbonyl (C=O) groups excluding carboxylic acids is 2. The number of halogens is 1. The highest BCUT2D eigenvalue weighted by molar-refractivity contribution is 7.13. The van der Waals surface area contributed by atoms with Crippen molar-refractivity contribution in [1.82, 2.24) is 10.3 Å². The van der Waals surface area contributed by atoms with Crippen molar-refractivity contribution in [3.05, 3.63) is 40.4 Å². The number of nitrogens with one attached hydrogen (secondary N) is 1. The fraction of sp³-hybridized carbons (Fsp3) is 0.312. The Kier molecular flexibility index (Phi) is 6.12. The second-order valence-corrected chi connectivity index (χ2v) is 6.15. The molecular weight excluding hydrogens is 336 g/mol. The first-order valence-electron chi connectivity index (χ1n) is 7.17. The molecule has 0 radical (unpaired) electrons. The molecule has 0 spiro atoms. The molecule has 0 fully saturated rings. The number of amides is 1. The number of hydrogen-bond acceptors (Lipinski definition) is 5. The van der Waals surface area contributed by atoms with Crippen molar-refractivity contribution in [3.63, 3.8) is 0 Å². The molecule has 0 aliphatic carbocycles. The smallest absolute Gasteiger partial charge is 0.312 e. The van der Waals surface area contributed by atoms with Crippen LogP contribution in [0.1, 0.15) is 19.5 Å². The molecule has 0 saturated carbocycles. The third kappa shape index (κ3) is 5.04. The first-order valence-corrected chi connectivity index (χ1v) is 8.43. The quantitative estimate of drug-likeness (QED) is 0.811. The van der Waals surface area contributed by atoms with Gasteiger partial charge in [0.1, 0.15) is 5.01 Å². The monoisotopic (exact) mass is 352 g/mol. The van der Waals surface area contributed by atoms with Gasteiger partial charge in [0.2, 0.25) is 0 Å². The molecule has 7 heteroatoms. The minimum atomic E-state index is -0.812. The van der Waals surface area contributed by atoms with Crippen molar-refractivity contribution in [3.8, 4) is 10.6 Å². The maximum atomic E-state index is 11.9. The minimum absolute atomic E-state index is 0.0286. The molecule has 0 aliphatic heterocycles. The topological polar surface area (TPSA) is 68.3 Å². The Balaban J connectivity index is 1.96. The largest absolute Gasteiger partial charge is 0.452 e. The fourth-order valence-corrected chi connectivity index (χ4v) is 2.91. The molecular formula is C16H17ClN2O3S. The van der Waals surface area contributed by atoms with E-state index in [1.165, 1.54) is 11.3 Å². The molecule has 0 bridgehead atoms. The van der Waals surface area contributed by atoms with Crippen LogP contribution in [0.5, 0.6) is 0 Å². The normalized spacial score (nSPS) is 11.8. The van der Waals surface area contributed by atoms with Crippen molar-refractivity contribution >= 4 is 34.8 Å². The van der Waals surface area contributed by atoms with Crippen molar-refractivity contribution in [1.29, 1.82) is 0 Å². The minimum Gasteiger partial charge on any atom is -0.452 e. The van der Waals surface area contributed by atoms with E-state index >= 15 is 0 Å². The molecule has 0 aliphatic rings. The number of aromatic nitrogens is 1. The van der Waals surface area contributed by atoms with Crippen LogP contribution in [0, 0.1) is 0 Å². The van der Waals surface area contributed by atoms with E-state index in [0.717, 1.165) is 10.6 Å². The number of carbonyl (C=O) groups is 2. The van der Waals surface area contributed by atoms with Crippen LogP contribution in [0.2, 0.25) is 5.02 Å². The lowest BCUT2D eigenvalue weighted by atomic mass is 10.2. The van der Waals surface area contributed by atoms with Gasteiger partial charge < -0.3 is 10.1 Å². The molecule has 1 N–H and O–H groups in total. The molecule has 23 heavy (non-hydrogen) atoms. The van der Waals surface area contributed by atoms with Gasteiger partial charge in [-0.25, -0.2) is 4.98 Å². The molecule has 2 rings (SSSR count). The van der Waals surface area contributed by atoms with Crippen molar-refractivity contribution in [2.24, 2.45) is 0 Å². The summed E-state index contributed by atoms with van der Waals surface area (Å²) in [4.78, 5) is 27.8. The fourth-order valence-electron chi connectivity index (χ4n) is 1.90. The van der Waals surface area contributed by atoms with Crippen LogP contribution in [-0.4, -0.2) is 29.5 Å². The van der Waals surface area contributed by atoms with Crippen LogP contribution in [0.3, 0.4) is 0 Å². The van der Waals surface area contributed by atoms with Gasteiger partial charge in [-0.2, -0.15) is 0 Å². The summed E-state index contributed by atoms with van der Waals surface area (Å²) in [5, 5.41) is 5.82. The average Bonchev–Trinajstić information content (AvgIpc) is 2.95. The van der Waals surface area contributed by atoms with E-state index in [4.69, 9.17) is 16.3 Å². The summed E-state index contributed by atoms with van der Waals surface area (Å²) in [5.74, 6) is -0.787. The van der Waals surface area contributed by atoms with E-state index < -0.39 is 12.1 Å². The van der Waals surface area contributed by atoms with E-state index in [2.05, 4.69) is 10.3 Å². The summed E-state index contributed by atoms with van der Waals surface area (Å²) in [5.41, 5.74) is 1.51. The van der Waals surface area contributed by atoms with Crippen LogP contribution >= 0.6 is 22.9 Å². The first-order chi connectivity index (χ1) is 11.0. The van der Waals surface area contributed by atoms with E-state index in [0.29, 0.717) is 17.3 Å². The number of likely N-dealkylation sites (N-methyl/N-ethyl adjacent to an activating group) is 1. The van der Waals surface area contributed by atoms with E-state index in [-0.39, 0.29) is 12.3 Å². The zero-order valence-corrected chi connectivity index (χ0v) is 14.4. The third-order valence-electron chi connectivity index (χ3n) is 2.98. The second-order valence-electron chi connectivity index (χ2n) is 4.86. The molecule has 0 unspecified atom stereocenters. The summed E-state index contributed by atoms with van der Waals surface area (Å²) in [6.45, 7) is 3.84. The van der Waals surface area contributed by atoms with Gasteiger partial charge in [0.05, 0.1) is 12.1 Å². The summed E-state index contributed by atoms with van der Waals surface area (Å²) in [7, 11) is 0. The number of hydrogen-bond donors (Lipinski definition) is 1. The Morgan fingerprint density at radius 1 is 1.43 bits per heavy atom. The third-order valence-corrected chi connectivity index (χ3v) is 4.15. The van der Waals surface area contributed by atoms with Gasteiger partial charge in [-0.1, -0.05) is 23.7 Å². The standard InChI is InChI=1S/C16H17ClN2O3S/c1-3-18-15(21)10(2)22-14(20)8-13-9-23-16(19-13)11-5-4-6-12(17)7-11/h4-7,9-10H,3,8H2,1-2H3,(H,18,21)/t10-/m1/s1. The summed E-state index contributed by atoms with van der Waals surface area (Å²) in [6, 6.07) is 7.37. The number of rotatable bonds is 6. The molecule has 1 aromatic heterocycles. The maximum absolute atomic E-state index is 11.9. The SMILES string of the molecule is CCNC(=O)[C@@H](C)OC(=O)Cc1csc(-c2cccc(Cl)c2)n1. The Morgan fingerprint density at radius 3 is 2.91 bits per heavy atom. The average molecular weight is 353 g/mol. The van der Waals surface area contributed by atoms with Crippen LogP contribution < -0.4 is 5.32 Å². The number of benzene rings is 1. The zero-order valence-electron chi connectivity index (χ0n) is 12.8. The van der Waals surface area contributed by atoms with Crippen LogP contribution in [-0.2, 0) is 20.7 Å². The summed E-state index contributed by atoms with van der Waals surface area (Å²) < 4.78 is 5.10. The Labute approximate surface area is 143 Å². The Bertz CT molecular complexity index is 702. The number of esters is 1. The van der Waals surface area contributed by atoms with Crippen LogP contribution in [0.4, 0.5) is 0 Å². The van der Waals surface area contributed by atoms with E-state index in [1.807, 2.05) is 18.2 Å². The highest BCUT2D eigenvalue weighted by Gasteiger charge is 2.18. The van der Waals surface area contributed by atoms with Gasteiger partial charge >= 0.3 is 5.97 Å². The molecule has 5 nitrogen and oxygen atoms in total. The number of thiazole rings is 1. The first kappa shape index (κ1) is 17.4. The van der Waals surface area contributed by atoms with Gasteiger partial charge in [0, 0.05) is 22.5 Å². The summed E-state index contributed by atoms with van der Waals surface area (Å²) in [6.07, 6.45) is -0.783. The lowest BCUT2D eigenvalue weighted by molar-refractivity contribution is -0.154. The lowest BCUT2D eigenvalue weighted by Crippen LogP contribution is -2.35. The predicted octanol–water partition coefficient (Wildman–Crippen LogP) is 3.07. The molecule has 122 valence electrons. The predicted molar refractivity (Wildman–Crippen MR) is 90.5 cm³/mol. The molecule has 1 amide bonds. The number of nitrogens with zero attached hydrogens (tertiary/aromatic N) is 1. The zero-order chi connectivity index (χ0) is 16.8. The molecule has 1 aromatic carbocycles. The highest BCUT2D eigenvalue weighted by atomic mass is 35.5. The Hall–Kier alpha value is -1.92. The summed E-state index contributed by atoms with van der Waals surface area (Å²) >= 11 is 7.39. The number of ether oxygens (including phenoxy) is 1. The van der Waals surface area contributed by atoms with E-state index in [1.54, 1.807) is 25.3 Å². The van der Waals surface area contributed by atoms with Gasteiger partial charge in [-0.15, -0.1) is 11.3 Å². The molecule has 0 saturated heterocycles. The van der Waals surface area contributed by atoms with Crippen LogP contribution in [0.15, 0.2) is 29.6 Å². The Morgan fingerprint density at radius 2 is 2.22 bits per heavy atom. The van der Waals surface area contributed by atoms with Gasteiger partial charge in [-0.05, 0) is 26.0 Å². The van der Waals surface area contributed by atoms with E-state index in [9.17, 15) is 9.59 Å². The van der Waals surface area contributed by atoms with Crippen molar-refractivity contribution in [2.45, 2.75) is 26.4 Å².